The maximum atomic E-state index is 11.6. The van der Waals surface area contributed by atoms with E-state index in [-0.39, 0.29) is 25.6 Å². The average Bonchev–Trinajstić information content (AvgIpc) is 2.58. The van der Waals surface area contributed by atoms with Crippen LogP contribution in [0.3, 0.4) is 0 Å². The SMILES string of the molecule is CC(C)(C)OC(=O)NCCOCCOCCC(=O)OCc1ccccc1. The number of alkyl carbamates (subject to hydrolysis) is 1. The predicted octanol–water partition coefficient (Wildman–Crippen LogP) is 2.68. The molecule has 1 aromatic rings. The van der Waals surface area contributed by atoms with Crippen molar-refractivity contribution in [1.82, 2.24) is 5.32 Å². The van der Waals surface area contributed by atoms with Gasteiger partial charge in [0.2, 0.25) is 0 Å². The van der Waals surface area contributed by atoms with Crippen molar-refractivity contribution in [1.29, 1.82) is 0 Å². The van der Waals surface area contributed by atoms with Crippen LogP contribution in [0.15, 0.2) is 30.3 Å². The first-order valence-corrected chi connectivity index (χ1v) is 8.69. The summed E-state index contributed by atoms with van der Waals surface area (Å²) in [5, 5.41) is 2.60. The van der Waals surface area contributed by atoms with E-state index in [9.17, 15) is 9.59 Å². The minimum atomic E-state index is -0.513. The van der Waals surface area contributed by atoms with Crippen LogP contribution in [0.4, 0.5) is 4.79 Å². The third kappa shape index (κ3) is 12.3. The van der Waals surface area contributed by atoms with Gasteiger partial charge < -0.3 is 24.3 Å². The van der Waals surface area contributed by atoms with E-state index in [0.29, 0.717) is 26.4 Å². The Morgan fingerprint density at radius 1 is 0.962 bits per heavy atom. The maximum absolute atomic E-state index is 11.6. The summed E-state index contributed by atoms with van der Waals surface area (Å²) in [6.45, 7) is 7.45. The van der Waals surface area contributed by atoms with Crippen molar-refractivity contribution in [3.05, 3.63) is 35.9 Å². The van der Waals surface area contributed by atoms with Crippen LogP contribution in [0.5, 0.6) is 0 Å². The summed E-state index contributed by atoms with van der Waals surface area (Å²) in [7, 11) is 0. The zero-order chi connectivity index (χ0) is 19.3. The fourth-order valence-corrected chi connectivity index (χ4v) is 1.83. The Balaban J connectivity index is 1.90. The van der Waals surface area contributed by atoms with E-state index < -0.39 is 11.7 Å². The molecule has 0 spiro atoms. The van der Waals surface area contributed by atoms with Crippen LogP contribution in [-0.2, 0) is 30.3 Å². The highest BCUT2D eigenvalue weighted by Gasteiger charge is 2.15. The van der Waals surface area contributed by atoms with E-state index in [0.717, 1.165) is 5.56 Å². The number of hydrogen-bond acceptors (Lipinski definition) is 6. The van der Waals surface area contributed by atoms with Crippen molar-refractivity contribution in [3.63, 3.8) is 0 Å². The molecule has 0 saturated heterocycles. The Morgan fingerprint density at radius 2 is 1.62 bits per heavy atom. The number of hydrogen-bond donors (Lipinski definition) is 1. The Kier molecular flexibility index (Phi) is 10.3. The van der Waals surface area contributed by atoms with Gasteiger partial charge in [-0.1, -0.05) is 30.3 Å². The Hall–Kier alpha value is -2.12. The summed E-state index contributed by atoms with van der Waals surface area (Å²) in [6.07, 6.45) is -0.265. The molecular weight excluding hydrogens is 338 g/mol. The number of benzene rings is 1. The standard InChI is InChI=1S/C19H29NO6/c1-19(2,3)26-18(22)20-10-12-24-14-13-23-11-9-17(21)25-15-16-7-5-4-6-8-16/h4-8H,9-15H2,1-3H3,(H,20,22). The van der Waals surface area contributed by atoms with Gasteiger partial charge in [-0.15, -0.1) is 0 Å². The average molecular weight is 367 g/mol. The van der Waals surface area contributed by atoms with Crippen molar-refractivity contribution >= 4 is 12.1 Å². The molecule has 0 unspecified atom stereocenters. The van der Waals surface area contributed by atoms with E-state index in [4.69, 9.17) is 18.9 Å². The summed E-state index contributed by atoms with van der Waals surface area (Å²) in [5.41, 5.74) is 0.441. The zero-order valence-corrected chi connectivity index (χ0v) is 15.8. The zero-order valence-electron chi connectivity index (χ0n) is 15.8. The summed E-state index contributed by atoms with van der Waals surface area (Å²) in [4.78, 5) is 23.0. The molecule has 0 heterocycles. The molecule has 0 atom stereocenters. The van der Waals surface area contributed by atoms with E-state index in [1.165, 1.54) is 0 Å². The minimum Gasteiger partial charge on any atom is -0.461 e. The highest BCUT2D eigenvalue weighted by molar-refractivity contribution is 5.69. The van der Waals surface area contributed by atoms with Crippen molar-refractivity contribution < 1.29 is 28.5 Å². The first-order chi connectivity index (χ1) is 12.4. The van der Waals surface area contributed by atoms with Crippen molar-refractivity contribution in [3.8, 4) is 0 Å². The van der Waals surface area contributed by atoms with Crippen LogP contribution in [0.1, 0.15) is 32.8 Å². The van der Waals surface area contributed by atoms with Gasteiger partial charge in [0, 0.05) is 6.54 Å². The Bertz CT molecular complexity index is 527. The molecule has 7 heteroatoms. The van der Waals surface area contributed by atoms with E-state index in [2.05, 4.69) is 5.32 Å². The lowest BCUT2D eigenvalue weighted by atomic mass is 10.2. The van der Waals surface area contributed by atoms with Crippen molar-refractivity contribution in [2.75, 3.05) is 33.0 Å². The molecule has 1 aromatic carbocycles. The van der Waals surface area contributed by atoms with E-state index >= 15 is 0 Å². The molecular formula is C19H29NO6. The maximum Gasteiger partial charge on any atom is 0.407 e. The van der Waals surface area contributed by atoms with Gasteiger partial charge in [0.1, 0.15) is 12.2 Å². The highest BCUT2D eigenvalue weighted by Crippen LogP contribution is 2.06. The number of ether oxygens (including phenoxy) is 4. The molecule has 0 aliphatic rings. The molecule has 0 fully saturated rings. The van der Waals surface area contributed by atoms with Gasteiger partial charge in [-0.25, -0.2) is 4.79 Å². The summed E-state index contributed by atoms with van der Waals surface area (Å²) in [5.74, 6) is -0.295. The molecule has 146 valence electrons. The number of nitrogens with one attached hydrogen (secondary N) is 1. The summed E-state index contributed by atoms with van der Waals surface area (Å²) >= 11 is 0. The molecule has 7 nitrogen and oxygen atoms in total. The molecule has 0 aromatic heterocycles. The smallest absolute Gasteiger partial charge is 0.407 e. The first kappa shape index (κ1) is 21.9. The lowest BCUT2D eigenvalue weighted by molar-refractivity contribution is -0.146. The second kappa shape index (κ2) is 12.3. The van der Waals surface area contributed by atoms with Crippen molar-refractivity contribution in [2.45, 2.75) is 39.4 Å². The van der Waals surface area contributed by atoms with Crippen LogP contribution < -0.4 is 5.32 Å². The Labute approximate surface area is 155 Å². The fourth-order valence-electron chi connectivity index (χ4n) is 1.83. The number of rotatable bonds is 11. The van der Waals surface area contributed by atoms with E-state index in [1.807, 2.05) is 30.3 Å². The van der Waals surface area contributed by atoms with Gasteiger partial charge in [0.15, 0.2) is 0 Å². The molecule has 1 rings (SSSR count). The van der Waals surface area contributed by atoms with Crippen LogP contribution in [0, 0.1) is 0 Å². The molecule has 26 heavy (non-hydrogen) atoms. The monoisotopic (exact) mass is 367 g/mol. The van der Waals surface area contributed by atoms with Gasteiger partial charge >= 0.3 is 12.1 Å². The lowest BCUT2D eigenvalue weighted by Gasteiger charge is -2.19. The van der Waals surface area contributed by atoms with Gasteiger partial charge in [0.25, 0.3) is 0 Å². The Morgan fingerprint density at radius 3 is 2.27 bits per heavy atom. The van der Waals surface area contributed by atoms with Gasteiger partial charge in [0.05, 0.1) is 32.8 Å². The molecule has 0 saturated carbocycles. The molecule has 1 amide bonds. The summed E-state index contributed by atoms with van der Waals surface area (Å²) in [6, 6.07) is 9.51. The van der Waals surface area contributed by atoms with Gasteiger partial charge in [-0.2, -0.15) is 0 Å². The van der Waals surface area contributed by atoms with Crippen molar-refractivity contribution in [2.24, 2.45) is 0 Å². The van der Waals surface area contributed by atoms with Crippen LogP contribution in [-0.4, -0.2) is 50.6 Å². The molecule has 0 bridgehead atoms. The number of carbonyl (C=O) groups excluding carboxylic acids is 2. The van der Waals surface area contributed by atoms with E-state index in [1.54, 1.807) is 20.8 Å². The predicted molar refractivity (Wildman–Crippen MR) is 96.7 cm³/mol. The number of carbonyl (C=O) groups is 2. The topological polar surface area (TPSA) is 83.1 Å². The van der Waals surface area contributed by atoms with Crippen LogP contribution in [0.2, 0.25) is 0 Å². The number of esters is 1. The molecule has 0 aliphatic heterocycles. The van der Waals surface area contributed by atoms with Gasteiger partial charge in [-0.3, -0.25) is 4.79 Å². The number of amides is 1. The van der Waals surface area contributed by atoms with Gasteiger partial charge in [-0.05, 0) is 26.3 Å². The highest BCUT2D eigenvalue weighted by atomic mass is 16.6. The third-order valence-electron chi connectivity index (χ3n) is 2.98. The quantitative estimate of drug-likeness (QED) is 0.478. The fraction of sp³-hybridized carbons (Fsp3) is 0.579. The minimum absolute atomic E-state index is 0.201. The molecule has 1 N–H and O–H groups in total. The normalized spacial score (nSPS) is 11.0. The van der Waals surface area contributed by atoms with Crippen LogP contribution in [0.25, 0.3) is 0 Å². The second-order valence-electron chi connectivity index (χ2n) is 6.55. The first-order valence-electron chi connectivity index (χ1n) is 8.69. The molecule has 0 aliphatic carbocycles. The largest absolute Gasteiger partial charge is 0.461 e. The van der Waals surface area contributed by atoms with Crippen LogP contribution >= 0.6 is 0 Å². The third-order valence-corrected chi connectivity index (χ3v) is 2.98. The second-order valence-corrected chi connectivity index (χ2v) is 6.55. The summed E-state index contributed by atoms with van der Waals surface area (Å²) < 4.78 is 20.9. The molecule has 0 radical (unpaired) electrons. The lowest BCUT2D eigenvalue weighted by Crippen LogP contribution is -2.34.